The van der Waals surface area contributed by atoms with Crippen molar-refractivity contribution in [2.75, 3.05) is 33.8 Å². The van der Waals surface area contributed by atoms with Crippen LogP contribution in [0.3, 0.4) is 0 Å². The Kier molecular flexibility index (Phi) is 6.69. The van der Waals surface area contributed by atoms with Crippen LogP contribution < -0.4 is 24.3 Å². The summed E-state index contributed by atoms with van der Waals surface area (Å²) in [7, 11) is 6.24. The van der Waals surface area contributed by atoms with Crippen LogP contribution in [0.25, 0.3) is 0 Å². The Morgan fingerprint density at radius 2 is 1.52 bits per heavy atom. The summed E-state index contributed by atoms with van der Waals surface area (Å²) >= 11 is 0. The molecule has 0 aliphatic rings. The minimum atomic E-state index is -0.328. The standard InChI is InChI=1S/C23H27N3O5/c1-14-22(24-23(27)21-18(29-4)8-7-9-19(21)30-5)15(2)26(25-14)13-16-10-11-17(28-3)20(12-16)31-6/h7-12H,13H2,1-6H3,(H,24,27). The van der Waals surface area contributed by atoms with Crippen molar-refractivity contribution in [2.45, 2.75) is 20.4 Å². The molecule has 0 aliphatic carbocycles. The van der Waals surface area contributed by atoms with E-state index in [9.17, 15) is 4.79 Å². The van der Waals surface area contributed by atoms with E-state index in [0.29, 0.717) is 46.5 Å². The van der Waals surface area contributed by atoms with Crippen LogP contribution >= 0.6 is 0 Å². The Bertz CT molecular complexity index is 1070. The van der Waals surface area contributed by atoms with E-state index in [4.69, 9.17) is 18.9 Å². The summed E-state index contributed by atoms with van der Waals surface area (Å²) in [6.45, 7) is 4.28. The van der Waals surface area contributed by atoms with Crippen LogP contribution in [0.1, 0.15) is 27.3 Å². The molecule has 0 saturated heterocycles. The van der Waals surface area contributed by atoms with Gasteiger partial charge >= 0.3 is 0 Å². The van der Waals surface area contributed by atoms with Crippen LogP contribution in [-0.4, -0.2) is 44.1 Å². The molecule has 0 aliphatic heterocycles. The van der Waals surface area contributed by atoms with Crippen LogP contribution in [0, 0.1) is 13.8 Å². The van der Waals surface area contributed by atoms with Crippen molar-refractivity contribution in [1.82, 2.24) is 9.78 Å². The molecule has 1 N–H and O–H groups in total. The largest absolute Gasteiger partial charge is 0.496 e. The van der Waals surface area contributed by atoms with E-state index in [0.717, 1.165) is 11.3 Å². The van der Waals surface area contributed by atoms with Gasteiger partial charge in [-0.3, -0.25) is 9.48 Å². The van der Waals surface area contributed by atoms with Crippen molar-refractivity contribution in [3.8, 4) is 23.0 Å². The first-order chi connectivity index (χ1) is 14.9. The average Bonchev–Trinajstić information content (AvgIpc) is 3.05. The van der Waals surface area contributed by atoms with Crippen molar-refractivity contribution in [2.24, 2.45) is 0 Å². The van der Waals surface area contributed by atoms with Gasteiger partial charge in [0.2, 0.25) is 0 Å². The number of nitrogens with one attached hydrogen (secondary N) is 1. The number of hydrogen-bond acceptors (Lipinski definition) is 6. The van der Waals surface area contributed by atoms with Gasteiger partial charge in [0.05, 0.1) is 52.1 Å². The second-order valence-electron chi connectivity index (χ2n) is 6.88. The third-order valence-corrected chi connectivity index (χ3v) is 5.06. The number of rotatable bonds is 8. The molecule has 1 amide bonds. The molecule has 8 heteroatoms. The predicted octanol–water partition coefficient (Wildman–Crippen LogP) is 3.83. The van der Waals surface area contributed by atoms with Crippen LogP contribution in [0.2, 0.25) is 0 Å². The number of benzene rings is 2. The van der Waals surface area contributed by atoms with E-state index in [1.165, 1.54) is 14.2 Å². The smallest absolute Gasteiger partial charge is 0.263 e. The first-order valence-corrected chi connectivity index (χ1v) is 9.70. The first kappa shape index (κ1) is 22.0. The van der Waals surface area contributed by atoms with Crippen LogP contribution in [0.4, 0.5) is 5.69 Å². The second kappa shape index (κ2) is 9.42. The van der Waals surface area contributed by atoms with Crippen molar-refractivity contribution >= 4 is 11.6 Å². The molecule has 31 heavy (non-hydrogen) atoms. The third kappa shape index (κ3) is 4.42. The maximum Gasteiger partial charge on any atom is 0.263 e. The Labute approximate surface area is 181 Å². The molecule has 8 nitrogen and oxygen atoms in total. The SMILES string of the molecule is COc1ccc(Cn2nc(C)c(NC(=O)c3c(OC)cccc3OC)c2C)cc1OC. The van der Waals surface area contributed by atoms with Gasteiger partial charge in [0.25, 0.3) is 5.91 Å². The summed E-state index contributed by atoms with van der Waals surface area (Å²) in [5.41, 5.74) is 3.51. The van der Waals surface area contributed by atoms with E-state index in [-0.39, 0.29) is 5.91 Å². The summed E-state index contributed by atoms with van der Waals surface area (Å²) in [4.78, 5) is 13.1. The summed E-state index contributed by atoms with van der Waals surface area (Å²) < 4.78 is 23.2. The average molecular weight is 425 g/mol. The maximum absolute atomic E-state index is 13.1. The number of hydrogen-bond donors (Lipinski definition) is 1. The van der Waals surface area contributed by atoms with Gasteiger partial charge in [-0.2, -0.15) is 5.10 Å². The van der Waals surface area contributed by atoms with E-state index in [1.807, 2.05) is 36.7 Å². The summed E-state index contributed by atoms with van der Waals surface area (Å²) in [6, 6.07) is 10.9. The number of methoxy groups -OCH3 is 4. The van der Waals surface area contributed by atoms with Gasteiger partial charge < -0.3 is 24.3 Å². The van der Waals surface area contributed by atoms with Gasteiger partial charge in [0, 0.05) is 0 Å². The molecular weight excluding hydrogens is 398 g/mol. The van der Waals surface area contributed by atoms with Crippen molar-refractivity contribution in [3.63, 3.8) is 0 Å². The first-order valence-electron chi connectivity index (χ1n) is 9.70. The minimum absolute atomic E-state index is 0.328. The van der Waals surface area contributed by atoms with Crippen molar-refractivity contribution in [3.05, 3.63) is 58.9 Å². The quantitative estimate of drug-likeness (QED) is 0.590. The molecule has 1 heterocycles. The monoisotopic (exact) mass is 425 g/mol. The molecule has 0 spiro atoms. The molecule has 0 unspecified atom stereocenters. The third-order valence-electron chi connectivity index (χ3n) is 5.06. The maximum atomic E-state index is 13.1. The highest BCUT2D eigenvalue weighted by Gasteiger charge is 2.21. The molecule has 1 aromatic heterocycles. The van der Waals surface area contributed by atoms with Crippen LogP contribution in [0.5, 0.6) is 23.0 Å². The normalized spacial score (nSPS) is 10.5. The lowest BCUT2D eigenvalue weighted by Gasteiger charge is -2.13. The molecule has 164 valence electrons. The molecule has 2 aromatic carbocycles. The van der Waals surface area contributed by atoms with Gasteiger partial charge in [-0.25, -0.2) is 0 Å². The van der Waals surface area contributed by atoms with Crippen molar-refractivity contribution in [1.29, 1.82) is 0 Å². The summed E-state index contributed by atoms with van der Waals surface area (Å²) in [5.74, 6) is 1.86. The number of anilines is 1. The summed E-state index contributed by atoms with van der Waals surface area (Å²) in [5, 5.41) is 7.57. The molecule has 3 rings (SSSR count). The van der Waals surface area contributed by atoms with Gasteiger partial charge in [-0.05, 0) is 43.7 Å². The second-order valence-corrected chi connectivity index (χ2v) is 6.88. The fourth-order valence-corrected chi connectivity index (χ4v) is 3.43. The van der Waals surface area contributed by atoms with Crippen LogP contribution in [0.15, 0.2) is 36.4 Å². The van der Waals surface area contributed by atoms with E-state index < -0.39 is 0 Å². The molecule has 0 fully saturated rings. The lowest BCUT2D eigenvalue weighted by Crippen LogP contribution is -2.15. The van der Waals surface area contributed by atoms with Gasteiger partial charge in [-0.1, -0.05) is 12.1 Å². The molecule has 3 aromatic rings. The number of aryl methyl sites for hydroxylation is 1. The lowest BCUT2D eigenvalue weighted by molar-refractivity contribution is 0.102. The van der Waals surface area contributed by atoms with Gasteiger partial charge in [-0.15, -0.1) is 0 Å². The highest BCUT2D eigenvalue weighted by molar-refractivity contribution is 6.08. The summed E-state index contributed by atoms with van der Waals surface area (Å²) in [6.07, 6.45) is 0. The number of ether oxygens (including phenoxy) is 4. The number of nitrogens with zero attached hydrogens (tertiary/aromatic N) is 2. The number of aromatic nitrogens is 2. The van der Waals surface area contributed by atoms with E-state index in [1.54, 1.807) is 32.4 Å². The lowest BCUT2D eigenvalue weighted by atomic mass is 10.1. The zero-order valence-corrected chi connectivity index (χ0v) is 18.6. The number of amides is 1. The zero-order valence-electron chi connectivity index (χ0n) is 18.6. The van der Waals surface area contributed by atoms with Gasteiger partial charge in [0.15, 0.2) is 11.5 Å². The Hall–Kier alpha value is -3.68. The Morgan fingerprint density at radius 1 is 0.903 bits per heavy atom. The predicted molar refractivity (Wildman–Crippen MR) is 118 cm³/mol. The number of carbonyl (C=O) groups excluding carboxylic acids is 1. The molecule has 0 bridgehead atoms. The highest BCUT2D eigenvalue weighted by Crippen LogP contribution is 2.31. The fourth-order valence-electron chi connectivity index (χ4n) is 3.43. The molecular formula is C23H27N3O5. The Balaban J connectivity index is 1.88. The topological polar surface area (TPSA) is 83.8 Å². The van der Waals surface area contributed by atoms with E-state index in [2.05, 4.69) is 10.4 Å². The van der Waals surface area contributed by atoms with Crippen molar-refractivity contribution < 1.29 is 23.7 Å². The number of carbonyl (C=O) groups is 1. The molecule has 0 radical (unpaired) electrons. The minimum Gasteiger partial charge on any atom is -0.496 e. The fraction of sp³-hybridized carbons (Fsp3) is 0.304. The van der Waals surface area contributed by atoms with Gasteiger partial charge in [0.1, 0.15) is 17.1 Å². The molecule has 0 saturated carbocycles. The Morgan fingerprint density at radius 3 is 2.10 bits per heavy atom. The van der Waals surface area contributed by atoms with Crippen LogP contribution in [-0.2, 0) is 6.54 Å². The highest BCUT2D eigenvalue weighted by atomic mass is 16.5. The van der Waals surface area contributed by atoms with E-state index >= 15 is 0 Å². The zero-order chi connectivity index (χ0) is 22.5. The molecule has 0 atom stereocenters.